The summed E-state index contributed by atoms with van der Waals surface area (Å²) in [6.45, 7) is 12.8. The number of fused-ring (bicyclic) bond motifs is 2. The minimum atomic E-state index is -1.18. The normalized spacial score (nSPS) is 20.2. The number of amides is 2. The van der Waals surface area contributed by atoms with E-state index in [9.17, 15) is 9.59 Å². The van der Waals surface area contributed by atoms with Gasteiger partial charge in [0.2, 0.25) is 0 Å². The number of benzene rings is 1. The van der Waals surface area contributed by atoms with Crippen LogP contribution in [0, 0.1) is 5.92 Å². The number of aromatic nitrogens is 4. The molecule has 2 aliphatic rings. The molecule has 2 saturated heterocycles. The van der Waals surface area contributed by atoms with Crippen LogP contribution >= 0.6 is 11.3 Å². The molecule has 1 aromatic carbocycles. The van der Waals surface area contributed by atoms with Crippen LogP contribution in [0.5, 0.6) is 0 Å². The van der Waals surface area contributed by atoms with Crippen molar-refractivity contribution >= 4 is 58.0 Å². The summed E-state index contributed by atoms with van der Waals surface area (Å²) in [4.78, 5) is 40.7. The summed E-state index contributed by atoms with van der Waals surface area (Å²) in [5.41, 5.74) is 3.02. The van der Waals surface area contributed by atoms with E-state index in [0.29, 0.717) is 42.9 Å². The Morgan fingerprint density at radius 3 is 2.69 bits per heavy atom. The van der Waals surface area contributed by atoms with E-state index in [2.05, 4.69) is 72.1 Å². The Labute approximate surface area is 270 Å². The van der Waals surface area contributed by atoms with Gasteiger partial charge in [0.15, 0.2) is 0 Å². The van der Waals surface area contributed by atoms with Crippen LogP contribution in [0.25, 0.3) is 21.1 Å². The van der Waals surface area contributed by atoms with Crippen LogP contribution in [0.15, 0.2) is 36.8 Å². The number of hydrogen-bond donors (Lipinski definition) is 1. The van der Waals surface area contributed by atoms with Crippen LogP contribution in [0.2, 0.25) is 25.7 Å². The lowest BCUT2D eigenvalue weighted by Gasteiger charge is -2.38. The first-order valence-corrected chi connectivity index (χ1v) is 20.7. The van der Waals surface area contributed by atoms with Crippen molar-refractivity contribution in [3.8, 4) is 0 Å². The smallest absolute Gasteiger partial charge is 0.314 e. The Morgan fingerprint density at radius 1 is 1.11 bits per heavy atom. The highest BCUT2D eigenvalue weighted by atomic mass is 32.1. The van der Waals surface area contributed by atoms with Crippen LogP contribution in [0.1, 0.15) is 55.1 Å². The van der Waals surface area contributed by atoms with Crippen molar-refractivity contribution < 1.29 is 14.3 Å². The molecule has 4 aromatic rings. The van der Waals surface area contributed by atoms with Gasteiger partial charge in [-0.15, -0.1) is 11.3 Å². The fraction of sp³-hybridized carbons (Fsp3) is 0.545. The molecule has 2 aliphatic heterocycles. The van der Waals surface area contributed by atoms with Crippen molar-refractivity contribution in [2.24, 2.45) is 5.92 Å². The van der Waals surface area contributed by atoms with E-state index < -0.39 is 19.9 Å². The summed E-state index contributed by atoms with van der Waals surface area (Å²) < 4.78 is 8.74. The van der Waals surface area contributed by atoms with E-state index >= 15 is 0 Å². The molecule has 0 bridgehead atoms. The zero-order valence-corrected chi connectivity index (χ0v) is 28.9. The molecule has 0 radical (unpaired) electrons. The van der Waals surface area contributed by atoms with Gasteiger partial charge in [-0.05, 0) is 75.5 Å². The van der Waals surface area contributed by atoms with Gasteiger partial charge < -0.3 is 19.9 Å². The summed E-state index contributed by atoms with van der Waals surface area (Å²) in [6, 6.07) is 7.27. The maximum absolute atomic E-state index is 13.8. The Hall–Kier alpha value is -3.19. The topological polar surface area (TPSA) is 105 Å². The lowest BCUT2D eigenvalue weighted by atomic mass is 9.89. The minimum absolute atomic E-state index is 0.182. The van der Waals surface area contributed by atoms with E-state index in [0.717, 1.165) is 61.3 Å². The molecule has 240 valence electrons. The van der Waals surface area contributed by atoms with Crippen LogP contribution in [0.3, 0.4) is 0 Å². The number of carbonyl (C=O) groups excluding carboxylic acids is 2. The number of likely N-dealkylation sites (tertiary alicyclic amines) is 2. The summed E-state index contributed by atoms with van der Waals surface area (Å²) in [5.74, 6) is -0.405. The van der Waals surface area contributed by atoms with E-state index in [1.54, 1.807) is 33.3 Å². The summed E-state index contributed by atoms with van der Waals surface area (Å²) >= 11 is 1.79. The Kier molecular flexibility index (Phi) is 9.37. The predicted molar refractivity (Wildman–Crippen MR) is 182 cm³/mol. The highest BCUT2D eigenvalue weighted by Crippen LogP contribution is 2.38. The number of pyridine rings is 1. The molecule has 0 saturated carbocycles. The maximum atomic E-state index is 13.8. The third-order valence-corrected chi connectivity index (χ3v) is 12.0. The van der Waals surface area contributed by atoms with Gasteiger partial charge in [-0.2, -0.15) is 5.10 Å². The van der Waals surface area contributed by atoms with E-state index in [1.165, 1.54) is 9.71 Å². The molecule has 2 amide bonds. The van der Waals surface area contributed by atoms with Gasteiger partial charge in [-0.1, -0.05) is 32.6 Å². The first kappa shape index (κ1) is 31.8. The number of rotatable bonds is 8. The second-order valence-electron chi connectivity index (χ2n) is 14.1. The molecule has 45 heavy (non-hydrogen) atoms. The van der Waals surface area contributed by atoms with E-state index in [-0.39, 0.29) is 6.04 Å². The molecule has 2 atom stereocenters. The van der Waals surface area contributed by atoms with Crippen LogP contribution in [-0.2, 0) is 21.1 Å². The Bertz CT molecular complexity index is 1670. The van der Waals surface area contributed by atoms with Gasteiger partial charge in [-0.25, -0.2) is 9.67 Å². The molecule has 0 aliphatic carbocycles. The van der Waals surface area contributed by atoms with Crippen LogP contribution in [-0.4, -0.2) is 82.7 Å². The third-order valence-electron chi connectivity index (χ3n) is 9.08. The quantitative estimate of drug-likeness (QED) is 0.140. The van der Waals surface area contributed by atoms with Gasteiger partial charge in [-0.3, -0.25) is 14.6 Å². The van der Waals surface area contributed by atoms with Gasteiger partial charge >= 0.3 is 11.8 Å². The number of hydrogen-bond acceptors (Lipinski definition) is 8. The number of carbonyl (C=O) groups is 2. The third kappa shape index (κ3) is 7.45. The largest absolute Gasteiger partial charge is 0.360 e. The van der Waals surface area contributed by atoms with Gasteiger partial charge in [0.1, 0.15) is 12.2 Å². The number of anilines is 1. The molecule has 12 heteroatoms. The Balaban J connectivity index is 1.16. The minimum Gasteiger partial charge on any atom is -0.360 e. The van der Waals surface area contributed by atoms with Crippen molar-refractivity contribution in [3.63, 3.8) is 0 Å². The fourth-order valence-corrected chi connectivity index (χ4v) is 8.19. The van der Waals surface area contributed by atoms with Gasteiger partial charge in [0, 0.05) is 44.9 Å². The first-order chi connectivity index (χ1) is 21.5. The highest BCUT2D eigenvalue weighted by molar-refractivity contribution is 7.18. The molecule has 6 rings (SSSR count). The number of ether oxygens (including phenoxy) is 1. The standard InChI is InChI=1S/C33H45N7O3SSi/c1-22-6-8-28(24-7-9-29-26(16-24)36-32(44-29)23-10-12-38(2)13-11-23)40(19-22)33(42)31(41)35-27-18-34-17-25-20-39(37-30(25)27)21-43-14-15-45(3,4)5/h7,9,16-18,20,22-23,28H,6,8,10-15,19,21H2,1-5H3,(H,35,41)/t22-,28?/m0/s1. The van der Waals surface area contributed by atoms with Crippen molar-refractivity contribution in [1.82, 2.24) is 29.5 Å². The molecule has 0 spiro atoms. The first-order valence-electron chi connectivity index (χ1n) is 16.1. The lowest BCUT2D eigenvalue weighted by molar-refractivity contribution is -0.146. The molecule has 5 heterocycles. The lowest BCUT2D eigenvalue weighted by Crippen LogP contribution is -2.46. The molecule has 3 aromatic heterocycles. The number of piperidine rings is 2. The second-order valence-corrected chi connectivity index (χ2v) is 20.8. The summed E-state index contributed by atoms with van der Waals surface area (Å²) in [6.07, 6.45) is 9.17. The molecule has 2 fully saturated rings. The fourth-order valence-electron chi connectivity index (χ4n) is 6.32. The molecular formula is C33H45N7O3SSi. The summed E-state index contributed by atoms with van der Waals surface area (Å²) in [7, 11) is 0.995. The van der Waals surface area contributed by atoms with Crippen LogP contribution < -0.4 is 5.32 Å². The SMILES string of the molecule is C[C@H]1CCC(c2ccc3sc(C4CCN(C)CC4)nc3c2)N(C(=O)C(=O)Nc2cncc3cn(COCC[Si](C)(C)C)nc23)C1. The average molecular weight is 648 g/mol. The monoisotopic (exact) mass is 647 g/mol. The van der Waals surface area contributed by atoms with Gasteiger partial charge in [0.25, 0.3) is 0 Å². The number of nitrogens with one attached hydrogen (secondary N) is 1. The molecule has 1 unspecified atom stereocenters. The van der Waals surface area contributed by atoms with Crippen LogP contribution in [0.4, 0.5) is 5.69 Å². The number of thiazole rings is 1. The summed E-state index contributed by atoms with van der Waals surface area (Å²) in [5, 5.41) is 9.44. The van der Waals surface area contributed by atoms with Gasteiger partial charge in [0.05, 0.1) is 33.2 Å². The van der Waals surface area contributed by atoms with Crippen molar-refractivity contribution in [2.45, 2.75) is 77.0 Å². The number of nitrogens with zero attached hydrogens (tertiary/aromatic N) is 6. The predicted octanol–water partition coefficient (Wildman–Crippen LogP) is 6.10. The van der Waals surface area contributed by atoms with Crippen molar-refractivity contribution in [1.29, 1.82) is 0 Å². The zero-order chi connectivity index (χ0) is 31.7. The highest BCUT2D eigenvalue weighted by Gasteiger charge is 2.35. The van der Waals surface area contributed by atoms with E-state index in [1.807, 2.05) is 6.20 Å². The molecule has 10 nitrogen and oxygen atoms in total. The Morgan fingerprint density at radius 2 is 1.91 bits per heavy atom. The molecular weight excluding hydrogens is 603 g/mol. The van der Waals surface area contributed by atoms with E-state index in [4.69, 9.17) is 9.72 Å². The zero-order valence-electron chi connectivity index (χ0n) is 27.1. The van der Waals surface area contributed by atoms with Crippen molar-refractivity contribution in [3.05, 3.63) is 47.4 Å². The maximum Gasteiger partial charge on any atom is 0.314 e. The average Bonchev–Trinajstić information content (AvgIpc) is 3.63. The van der Waals surface area contributed by atoms with Crippen molar-refractivity contribution in [2.75, 3.05) is 38.6 Å². The second kappa shape index (κ2) is 13.3. The molecule has 1 N–H and O–H groups in total.